The Morgan fingerprint density at radius 3 is 2.04 bits per heavy atom. The van der Waals surface area contributed by atoms with Crippen molar-refractivity contribution >= 4 is 11.9 Å². The number of benzene rings is 2. The van der Waals surface area contributed by atoms with E-state index in [9.17, 15) is 14.7 Å². The first-order valence-corrected chi connectivity index (χ1v) is 8.18. The van der Waals surface area contributed by atoms with Crippen LogP contribution in [0.1, 0.15) is 36.3 Å². The Hall–Kier alpha value is -2.62. The number of fused-ring (bicyclic) bond motifs is 3. The van der Waals surface area contributed by atoms with Crippen LogP contribution in [0.5, 0.6) is 0 Å². The van der Waals surface area contributed by atoms with Gasteiger partial charge in [0.2, 0.25) is 0 Å². The van der Waals surface area contributed by atoms with Crippen molar-refractivity contribution in [2.45, 2.75) is 25.2 Å². The van der Waals surface area contributed by atoms with Gasteiger partial charge in [0.25, 0.3) is 0 Å². The SMILES string of the molecule is O=C(CC1(C(=O)O)CC1)OCC1c2ccccc2-c2ccccc21. The highest BCUT2D eigenvalue weighted by Crippen LogP contribution is 2.49. The number of ether oxygens (including phenoxy) is 1. The summed E-state index contributed by atoms with van der Waals surface area (Å²) >= 11 is 0. The summed E-state index contributed by atoms with van der Waals surface area (Å²) in [7, 11) is 0. The van der Waals surface area contributed by atoms with Gasteiger partial charge in [-0.3, -0.25) is 9.59 Å². The Morgan fingerprint density at radius 1 is 1.00 bits per heavy atom. The number of carboxylic acids is 1. The van der Waals surface area contributed by atoms with Crippen LogP contribution in [-0.2, 0) is 14.3 Å². The molecule has 0 amide bonds. The zero-order valence-corrected chi connectivity index (χ0v) is 13.2. The fourth-order valence-electron chi connectivity index (χ4n) is 3.56. The second-order valence-electron chi connectivity index (χ2n) is 6.67. The van der Waals surface area contributed by atoms with Crippen molar-refractivity contribution in [3.05, 3.63) is 59.7 Å². The molecule has 4 rings (SSSR count). The van der Waals surface area contributed by atoms with Gasteiger partial charge < -0.3 is 9.84 Å². The van der Waals surface area contributed by atoms with Gasteiger partial charge in [-0.2, -0.15) is 0 Å². The van der Waals surface area contributed by atoms with Gasteiger partial charge in [0.1, 0.15) is 6.61 Å². The maximum absolute atomic E-state index is 12.1. The number of hydrogen-bond donors (Lipinski definition) is 1. The lowest BCUT2D eigenvalue weighted by atomic mass is 9.98. The maximum Gasteiger partial charge on any atom is 0.310 e. The number of carbonyl (C=O) groups is 2. The molecule has 0 unspecified atom stereocenters. The molecular formula is C20H18O4. The molecule has 0 aliphatic heterocycles. The standard InChI is InChI=1S/C20H18O4/c21-18(11-20(9-10-20)19(22)23)24-12-17-15-7-3-1-5-13(15)14-6-2-4-8-16(14)17/h1-8,17H,9-12H2,(H,22,23). The van der Waals surface area contributed by atoms with Gasteiger partial charge in [0.15, 0.2) is 0 Å². The lowest BCUT2D eigenvalue weighted by Crippen LogP contribution is -2.22. The molecule has 0 heterocycles. The van der Waals surface area contributed by atoms with Crippen LogP contribution in [0.4, 0.5) is 0 Å². The summed E-state index contributed by atoms with van der Waals surface area (Å²) in [6.07, 6.45) is 1.09. The smallest absolute Gasteiger partial charge is 0.310 e. The summed E-state index contributed by atoms with van der Waals surface area (Å²) in [6, 6.07) is 16.3. The second kappa shape index (κ2) is 5.48. The number of aliphatic carboxylic acids is 1. The maximum atomic E-state index is 12.1. The lowest BCUT2D eigenvalue weighted by molar-refractivity contribution is -0.153. The first-order chi connectivity index (χ1) is 11.6. The summed E-state index contributed by atoms with van der Waals surface area (Å²) in [4.78, 5) is 23.3. The molecule has 2 aromatic rings. The molecule has 4 heteroatoms. The molecule has 0 saturated heterocycles. The van der Waals surface area contributed by atoms with E-state index in [4.69, 9.17) is 4.74 Å². The lowest BCUT2D eigenvalue weighted by Gasteiger charge is -2.15. The minimum Gasteiger partial charge on any atom is -0.481 e. The van der Waals surface area contributed by atoms with E-state index in [0.717, 1.165) is 11.1 Å². The highest BCUT2D eigenvalue weighted by atomic mass is 16.5. The van der Waals surface area contributed by atoms with Crippen molar-refractivity contribution in [1.29, 1.82) is 0 Å². The van der Waals surface area contributed by atoms with Gasteiger partial charge in [-0.1, -0.05) is 48.5 Å². The van der Waals surface area contributed by atoms with Gasteiger partial charge in [-0.15, -0.1) is 0 Å². The molecule has 24 heavy (non-hydrogen) atoms. The molecule has 0 bridgehead atoms. The Kier molecular flexibility index (Phi) is 3.41. The monoisotopic (exact) mass is 322 g/mol. The Labute approximate surface area is 140 Å². The minimum atomic E-state index is -0.893. The predicted octanol–water partition coefficient (Wildman–Crippen LogP) is 3.60. The van der Waals surface area contributed by atoms with Gasteiger partial charge in [-0.05, 0) is 35.1 Å². The van der Waals surface area contributed by atoms with Crippen LogP contribution >= 0.6 is 0 Å². The molecule has 2 aliphatic rings. The van der Waals surface area contributed by atoms with Gasteiger partial charge in [-0.25, -0.2) is 0 Å². The molecule has 0 radical (unpaired) electrons. The summed E-state index contributed by atoms with van der Waals surface area (Å²) < 4.78 is 5.46. The average molecular weight is 322 g/mol. The third-order valence-corrected chi connectivity index (χ3v) is 5.16. The predicted molar refractivity (Wildman–Crippen MR) is 88.6 cm³/mol. The topological polar surface area (TPSA) is 63.6 Å². The first-order valence-electron chi connectivity index (χ1n) is 8.18. The second-order valence-corrected chi connectivity index (χ2v) is 6.67. The van der Waals surface area contributed by atoms with E-state index in [2.05, 4.69) is 24.3 Å². The van der Waals surface area contributed by atoms with Crippen LogP contribution < -0.4 is 0 Å². The number of carboxylic acid groups (broad SMARTS) is 1. The van der Waals surface area contributed by atoms with Crippen LogP contribution in [0.15, 0.2) is 48.5 Å². The first kappa shape index (κ1) is 14.9. The van der Waals surface area contributed by atoms with Crippen molar-refractivity contribution in [2.24, 2.45) is 5.41 Å². The quantitative estimate of drug-likeness (QED) is 0.854. The van der Waals surface area contributed by atoms with E-state index in [0.29, 0.717) is 12.8 Å². The Bertz CT molecular complexity index is 774. The molecule has 1 saturated carbocycles. The van der Waals surface area contributed by atoms with E-state index in [-0.39, 0.29) is 18.9 Å². The molecule has 4 nitrogen and oxygen atoms in total. The minimum absolute atomic E-state index is 0.0151. The summed E-state index contributed by atoms with van der Waals surface area (Å²) in [5.41, 5.74) is 3.80. The average Bonchev–Trinajstić information content (AvgIpc) is 3.30. The van der Waals surface area contributed by atoms with E-state index in [1.165, 1.54) is 11.1 Å². The molecular weight excluding hydrogens is 304 g/mol. The molecule has 1 N–H and O–H groups in total. The number of rotatable bonds is 5. The fraction of sp³-hybridized carbons (Fsp3) is 0.300. The van der Waals surface area contributed by atoms with Crippen LogP contribution in [0.3, 0.4) is 0 Å². The van der Waals surface area contributed by atoms with E-state index in [1.54, 1.807) is 0 Å². The third kappa shape index (κ3) is 2.39. The summed E-state index contributed by atoms with van der Waals surface area (Å²) in [6.45, 7) is 0.253. The molecule has 122 valence electrons. The van der Waals surface area contributed by atoms with Crippen molar-refractivity contribution in [1.82, 2.24) is 0 Å². The Balaban J connectivity index is 1.51. The van der Waals surface area contributed by atoms with E-state index >= 15 is 0 Å². The Morgan fingerprint density at radius 2 is 1.54 bits per heavy atom. The zero-order chi connectivity index (χ0) is 16.7. The molecule has 0 aromatic heterocycles. The van der Waals surface area contributed by atoms with Crippen molar-refractivity contribution in [2.75, 3.05) is 6.61 Å². The largest absolute Gasteiger partial charge is 0.481 e. The summed E-state index contributed by atoms with van der Waals surface area (Å²) in [5.74, 6) is -1.30. The van der Waals surface area contributed by atoms with Crippen molar-refractivity contribution < 1.29 is 19.4 Å². The van der Waals surface area contributed by atoms with E-state index in [1.807, 2.05) is 24.3 Å². The number of hydrogen-bond acceptors (Lipinski definition) is 3. The molecule has 2 aromatic carbocycles. The van der Waals surface area contributed by atoms with Crippen LogP contribution in [0, 0.1) is 5.41 Å². The summed E-state index contributed by atoms with van der Waals surface area (Å²) in [5, 5.41) is 9.18. The number of carbonyl (C=O) groups excluding carboxylic acids is 1. The van der Waals surface area contributed by atoms with Crippen LogP contribution in [-0.4, -0.2) is 23.7 Å². The van der Waals surface area contributed by atoms with Crippen molar-refractivity contribution in [3.8, 4) is 11.1 Å². The third-order valence-electron chi connectivity index (χ3n) is 5.16. The highest BCUT2D eigenvalue weighted by molar-refractivity contribution is 5.85. The van der Waals surface area contributed by atoms with Crippen molar-refractivity contribution in [3.63, 3.8) is 0 Å². The fourth-order valence-corrected chi connectivity index (χ4v) is 3.56. The molecule has 2 aliphatic carbocycles. The van der Waals surface area contributed by atoms with Gasteiger partial charge >= 0.3 is 11.9 Å². The zero-order valence-electron chi connectivity index (χ0n) is 13.2. The van der Waals surface area contributed by atoms with Gasteiger partial charge in [0, 0.05) is 5.92 Å². The van der Waals surface area contributed by atoms with Crippen LogP contribution in [0.25, 0.3) is 11.1 Å². The normalized spacial score (nSPS) is 17.0. The van der Waals surface area contributed by atoms with Gasteiger partial charge in [0.05, 0.1) is 11.8 Å². The van der Waals surface area contributed by atoms with E-state index < -0.39 is 17.4 Å². The highest BCUT2D eigenvalue weighted by Gasteiger charge is 2.52. The van der Waals surface area contributed by atoms with Crippen LogP contribution in [0.2, 0.25) is 0 Å². The number of esters is 1. The molecule has 1 fully saturated rings. The molecule has 0 atom stereocenters. The molecule has 0 spiro atoms.